The lowest BCUT2D eigenvalue weighted by Crippen LogP contribution is -2.34. The van der Waals surface area contributed by atoms with Gasteiger partial charge in [-0.3, -0.25) is 4.79 Å². The summed E-state index contributed by atoms with van der Waals surface area (Å²) >= 11 is 3.42. The smallest absolute Gasteiger partial charge is 0.319 e. The van der Waals surface area contributed by atoms with Crippen LogP contribution < -0.4 is 16.0 Å². The maximum absolute atomic E-state index is 12.4. The number of carbonyl (C=O) groups excluding carboxylic acids is 2. The van der Waals surface area contributed by atoms with Crippen molar-refractivity contribution >= 4 is 33.6 Å². The van der Waals surface area contributed by atoms with E-state index in [4.69, 9.17) is 0 Å². The van der Waals surface area contributed by atoms with Crippen LogP contribution in [0.4, 0.5) is 10.5 Å². The molecular formula is C20H22BrN3O2. The summed E-state index contributed by atoms with van der Waals surface area (Å²) in [5.74, 6) is -0.122. The lowest BCUT2D eigenvalue weighted by molar-refractivity contribution is 0.0940. The number of amides is 3. The number of halogens is 1. The second-order valence-electron chi connectivity index (χ2n) is 6.66. The Balaban J connectivity index is 1.50. The third kappa shape index (κ3) is 5.59. The molecule has 0 aromatic heterocycles. The van der Waals surface area contributed by atoms with E-state index in [-0.39, 0.29) is 18.0 Å². The minimum atomic E-state index is -0.201. The molecule has 5 nitrogen and oxygen atoms in total. The molecule has 1 fully saturated rings. The summed E-state index contributed by atoms with van der Waals surface area (Å²) in [6, 6.07) is 15.1. The monoisotopic (exact) mass is 415 g/mol. The molecule has 0 spiro atoms. The molecule has 0 radical (unpaired) electrons. The molecule has 3 rings (SSSR count). The highest BCUT2D eigenvalue weighted by Crippen LogP contribution is 2.19. The van der Waals surface area contributed by atoms with Gasteiger partial charge in [-0.2, -0.15) is 0 Å². The molecule has 6 heteroatoms. The highest BCUT2D eigenvalue weighted by Gasteiger charge is 2.23. The predicted octanol–water partition coefficient (Wildman–Crippen LogP) is 4.09. The highest BCUT2D eigenvalue weighted by molar-refractivity contribution is 9.10. The normalized spacial score (nSPS) is 14.4. The first-order valence-corrected chi connectivity index (χ1v) is 9.52. The average molecular weight is 416 g/mol. The SMILES string of the molecule is CC(Cc1ccc(Br)cc1)NC(=O)c1ccc(NC(=O)NC2CC2)cc1. The number of nitrogens with one attached hydrogen (secondary N) is 3. The molecule has 0 saturated heterocycles. The van der Waals surface area contributed by atoms with Crippen LogP contribution >= 0.6 is 15.9 Å². The molecular weight excluding hydrogens is 394 g/mol. The molecule has 0 aliphatic heterocycles. The van der Waals surface area contributed by atoms with E-state index in [1.54, 1.807) is 24.3 Å². The summed E-state index contributed by atoms with van der Waals surface area (Å²) in [4.78, 5) is 24.1. The van der Waals surface area contributed by atoms with Gasteiger partial charge < -0.3 is 16.0 Å². The van der Waals surface area contributed by atoms with Crippen molar-refractivity contribution in [2.75, 3.05) is 5.32 Å². The van der Waals surface area contributed by atoms with Crippen molar-refractivity contribution in [3.05, 3.63) is 64.1 Å². The number of hydrogen-bond donors (Lipinski definition) is 3. The van der Waals surface area contributed by atoms with Gasteiger partial charge in [0.1, 0.15) is 0 Å². The summed E-state index contributed by atoms with van der Waals surface area (Å²) in [6.45, 7) is 1.98. The highest BCUT2D eigenvalue weighted by atomic mass is 79.9. The van der Waals surface area contributed by atoms with E-state index >= 15 is 0 Å². The van der Waals surface area contributed by atoms with Gasteiger partial charge in [0.15, 0.2) is 0 Å². The van der Waals surface area contributed by atoms with E-state index in [0.717, 1.165) is 23.7 Å². The topological polar surface area (TPSA) is 70.2 Å². The lowest BCUT2D eigenvalue weighted by atomic mass is 10.1. The minimum Gasteiger partial charge on any atom is -0.349 e. The van der Waals surface area contributed by atoms with Crippen LogP contribution in [0.25, 0.3) is 0 Å². The van der Waals surface area contributed by atoms with Crippen LogP contribution in [0.1, 0.15) is 35.7 Å². The van der Waals surface area contributed by atoms with Gasteiger partial charge in [0.2, 0.25) is 0 Å². The first-order chi connectivity index (χ1) is 12.5. The summed E-state index contributed by atoms with van der Waals surface area (Å²) < 4.78 is 1.04. The minimum absolute atomic E-state index is 0.0193. The number of rotatable bonds is 6. The van der Waals surface area contributed by atoms with Gasteiger partial charge in [-0.25, -0.2) is 4.79 Å². The van der Waals surface area contributed by atoms with Gasteiger partial charge in [-0.1, -0.05) is 28.1 Å². The molecule has 0 bridgehead atoms. The molecule has 1 atom stereocenters. The molecule has 1 unspecified atom stereocenters. The molecule has 2 aromatic rings. The standard InChI is InChI=1S/C20H22BrN3O2/c1-13(12-14-2-6-16(21)7-3-14)22-19(25)15-4-8-17(9-5-15)23-20(26)24-18-10-11-18/h2-9,13,18H,10-12H2,1H3,(H,22,25)(H2,23,24,26). The number of urea groups is 1. The fourth-order valence-electron chi connectivity index (χ4n) is 2.62. The van der Waals surface area contributed by atoms with Crippen LogP contribution in [0.2, 0.25) is 0 Å². The van der Waals surface area contributed by atoms with Crippen molar-refractivity contribution in [3.63, 3.8) is 0 Å². The maximum atomic E-state index is 12.4. The van der Waals surface area contributed by atoms with Crippen molar-refractivity contribution in [1.82, 2.24) is 10.6 Å². The van der Waals surface area contributed by atoms with Crippen LogP contribution in [-0.2, 0) is 6.42 Å². The number of hydrogen-bond acceptors (Lipinski definition) is 2. The largest absolute Gasteiger partial charge is 0.349 e. The van der Waals surface area contributed by atoms with E-state index in [9.17, 15) is 9.59 Å². The fraction of sp³-hybridized carbons (Fsp3) is 0.300. The van der Waals surface area contributed by atoms with Crippen molar-refractivity contribution in [3.8, 4) is 0 Å². The molecule has 0 heterocycles. The molecule has 1 aliphatic carbocycles. The Morgan fingerprint density at radius 2 is 1.73 bits per heavy atom. The van der Waals surface area contributed by atoms with Crippen LogP contribution in [0.5, 0.6) is 0 Å². The summed E-state index contributed by atoms with van der Waals surface area (Å²) in [5.41, 5.74) is 2.41. The van der Waals surface area contributed by atoms with Crippen molar-refractivity contribution in [2.24, 2.45) is 0 Å². The zero-order valence-corrected chi connectivity index (χ0v) is 16.2. The van der Waals surface area contributed by atoms with Gasteiger partial charge in [0.05, 0.1) is 0 Å². The number of benzene rings is 2. The third-order valence-corrected chi connectivity index (χ3v) is 4.68. The Morgan fingerprint density at radius 3 is 2.35 bits per heavy atom. The van der Waals surface area contributed by atoms with Gasteiger partial charge in [0, 0.05) is 27.8 Å². The summed E-state index contributed by atoms with van der Waals surface area (Å²) in [5, 5.41) is 8.64. The number of anilines is 1. The van der Waals surface area contributed by atoms with E-state index in [2.05, 4.69) is 31.9 Å². The van der Waals surface area contributed by atoms with E-state index in [0.29, 0.717) is 17.3 Å². The van der Waals surface area contributed by atoms with Gasteiger partial charge >= 0.3 is 6.03 Å². The second kappa shape index (κ2) is 8.36. The van der Waals surface area contributed by atoms with Crippen molar-refractivity contribution < 1.29 is 9.59 Å². The molecule has 1 saturated carbocycles. The molecule has 3 N–H and O–H groups in total. The van der Waals surface area contributed by atoms with Crippen LogP contribution in [-0.4, -0.2) is 24.0 Å². The Hall–Kier alpha value is -2.34. The average Bonchev–Trinajstić information content (AvgIpc) is 3.41. The second-order valence-corrected chi connectivity index (χ2v) is 7.57. The van der Waals surface area contributed by atoms with Crippen molar-refractivity contribution in [1.29, 1.82) is 0 Å². The zero-order valence-electron chi connectivity index (χ0n) is 14.6. The molecule has 1 aliphatic rings. The third-order valence-electron chi connectivity index (χ3n) is 4.15. The van der Waals surface area contributed by atoms with Gasteiger partial charge in [-0.05, 0) is 68.1 Å². The molecule has 136 valence electrons. The molecule has 26 heavy (non-hydrogen) atoms. The van der Waals surface area contributed by atoms with Gasteiger partial charge in [-0.15, -0.1) is 0 Å². The Labute approximate surface area is 161 Å². The molecule has 2 aromatic carbocycles. The van der Waals surface area contributed by atoms with Gasteiger partial charge in [0.25, 0.3) is 5.91 Å². The first-order valence-electron chi connectivity index (χ1n) is 8.72. The van der Waals surface area contributed by atoms with Crippen LogP contribution in [0.15, 0.2) is 53.0 Å². The van der Waals surface area contributed by atoms with Crippen LogP contribution in [0.3, 0.4) is 0 Å². The van der Waals surface area contributed by atoms with E-state index in [1.165, 1.54) is 5.56 Å². The van der Waals surface area contributed by atoms with E-state index < -0.39 is 0 Å². The quantitative estimate of drug-likeness (QED) is 0.664. The Kier molecular flexibility index (Phi) is 5.93. The zero-order chi connectivity index (χ0) is 18.5. The summed E-state index contributed by atoms with van der Waals surface area (Å²) in [6.07, 6.45) is 2.86. The lowest BCUT2D eigenvalue weighted by Gasteiger charge is -2.14. The predicted molar refractivity (Wildman–Crippen MR) is 106 cm³/mol. The maximum Gasteiger partial charge on any atom is 0.319 e. The Morgan fingerprint density at radius 1 is 1.08 bits per heavy atom. The fourth-order valence-corrected chi connectivity index (χ4v) is 2.88. The Bertz CT molecular complexity index is 771. The summed E-state index contributed by atoms with van der Waals surface area (Å²) in [7, 11) is 0. The molecule has 3 amide bonds. The van der Waals surface area contributed by atoms with Crippen molar-refractivity contribution in [2.45, 2.75) is 38.3 Å². The number of carbonyl (C=O) groups is 2. The first kappa shape index (κ1) is 18.5. The van der Waals surface area contributed by atoms with Crippen LogP contribution in [0, 0.1) is 0 Å². The van der Waals surface area contributed by atoms with E-state index in [1.807, 2.05) is 31.2 Å².